The molecule has 1 aliphatic heterocycles. The maximum Gasteiger partial charge on any atom is 0.155 e. The molecule has 1 aliphatic rings. The lowest BCUT2D eigenvalue weighted by molar-refractivity contribution is 0.532. The van der Waals surface area contributed by atoms with Crippen molar-refractivity contribution in [2.75, 3.05) is 0 Å². The highest BCUT2D eigenvalue weighted by atomic mass is 35.5. The molecule has 258 valence electrons. The highest BCUT2D eigenvalue weighted by Crippen LogP contribution is 2.44. The highest BCUT2D eigenvalue weighted by Gasteiger charge is 2.34. The molecule has 0 N–H and O–H groups in total. The van der Waals surface area contributed by atoms with Crippen LogP contribution in [0.1, 0.15) is 36.1 Å². The van der Waals surface area contributed by atoms with Crippen LogP contribution in [0.4, 0.5) is 0 Å². The van der Waals surface area contributed by atoms with E-state index in [1.54, 1.807) is 0 Å². The first-order chi connectivity index (χ1) is 26.6. The van der Waals surface area contributed by atoms with Crippen molar-refractivity contribution < 1.29 is 0 Å². The van der Waals surface area contributed by atoms with Gasteiger partial charge in [-0.2, -0.15) is 0 Å². The van der Waals surface area contributed by atoms with Crippen molar-refractivity contribution >= 4 is 66.5 Å². The molecular formula is C50H36ClN3. The third-order valence-electron chi connectivity index (χ3n) is 11.0. The standard InChI is InChI=1S/C50H36ClN3/c1-2-40-47(35-23-21-33(22-24-35)32-13-5-3-6-14-32)52-50(36-16-7-4-8-17-36)53-48(40)42-27-25-34-15-11-12-20-41(34)49(42)54-45-28-26-39(51)31-44(45)43-29-37-18-9-10-19-38(37)30-46(43)54/h3-31,40,48H,2H2,1H3. The van der Waals surface area contributed by atoms with E-state index in [4.69, 9.17) is 21.6 Å². The van der Waals surface area contributed by atoms with Crippen molar-refractivity contribution in [2.24, 2.45) is 15.9 Å². The first-order valence-electron chi connectivity index (χ1n) is 18.7. The van der Waals surface area contributed by atoms with Gasteiger partial charge in [-0.15, -0.1) is 0 Å². The predicted molar refractivity (Wildman–Crippen MR) is 229 cm³/mol. The van der Waals surface area contributed by atoms with Gasteiger partial charge in [0.1, 0.15) is 0 Å². The molecular weight excluding hydrogens is 678 g/mol. The Morgan fingerprint density at radius 3 is 1.87 bits per heavy atom. The number of hydrogen-bond acceptors (Lipinski definition) is 2. The Hall–Kier alpha value is -6.29. The molecule has 8 aromatic carbocycles. The number of aliphatic imine (C=N–C) groups is 2. The Balaban J connectivity index is 1.24. The lowest BCUT2D eigenvalue weighted by atomic mass is 9.81. The lowest BCUT2D eigenvalue weighted by Crippen LogP contribution is -2.29. The minimum Gasteiger partial charge on any atom is -0.308 e. The third-order valence-corrected chi connectivity index (χ3v) is 11.3. The third kappa shape index (κ3) is 5.43. The number of hydrogen-bond donors (Lipinski definition) is 0. The van der Waals surface area contributed by atoms with Gasteiger partial charge < -0.3 is 4.57 Å². The summed E-state index contributed by atoms with van der Waals surface area (Å²) in [4.78, 5) is 11.0. The van der Waals surface area contributed by atoms with Gasteiger partial charge in [0.25, 0.3) is 0 Å². The molecule has 2 heterocycles. The largest absolute Gasteiger partial charge is 0.308 e. The SMILES string of the molecule is CCC1C(c2ccc(-c3ccccc3)cc2)=NC(c2ccccc2)=NC1c1ccc2ccccc2c1-n1c2ccc(Cl)cc2c2cc3ccccc3cc21. The van der Waals surface area contributed by atoms with E-state index in [1.165, 1.54) is 43.6 Å². The minimum absolute atomic E-state index is 0.0308. The van der Waals surface area contributed by atoms with E-state index >= 15 is 0 Å². The lowest BCUT2D eigenvalue weighted by Gasteiger charge is -2.32. The van der Waals surface area contributed by atoms with Gasteiger partial charge in [0.15, 0.2) is 5.84 Å². The van der Waals surface area contributed by atoms with Crippen LogP contribution in [-0.4, -0.2) is 16.1 Å². The summed E-state index contributed by atoms with van der Waals surface area (Å²) in [5.74, 6) is 0.787. The number of aromatic nitrogens is 1. The Bertz CT molecular complexity index is 2920. The van der Waals surface area contributed by atoms with E-state index in [0.717, 1.165) is 56.2 Å². The first kappa shape index (κ1) is 32.4. The molecule has 2 unspecified atom stereocenters. The molecule has 0 radical (unpaired) electrons. The average Bonchev–Trinajstić information content (AvgIpc) is 3.54. The quantitative estimate of drug-likeness (QED) is 0.164. The van der Waals surface area contributed by atoms with Crippen LogP contribution >= 0.6 is 11.6 Å². The van der Waals surface area contributed by atoms with Crippen LogP contribution in [0.2, 0.25) is 5.02 Å². The monoisotopic (exact) mass is 713 g/mol. The summed E-state index contributed by atoms with van der Waals surface area (Å²) in [7, 11) is 0. The normalized spacial score (nSPS) is 15.9. The Morgan fingerprint density at radius 2 is 1.13 bits per heavy atom. The van der Waals surface area contributed by atoms with Crippen LogP contribution in [0, 0.1) is 5.92 Å². The van der Waals surface area contributed by atoms with Gasteiger partial charge >= 0.3 is 0 Å². The van der Waals surface area contributed by atoms with E-state index in [2.05, 4.69) is 175 Å². The van der Waals surface area contributed by atoms with Crippen LogP contribution in [0.3, 0.4) is 0 Å². The number of benzene rings is 8. The fraction of sp³-hybridized carbons (Fsp3) is 0.0800. The Morgan fingerprint density at radius 1 is 0.519 bits per heavy atom. The summed E-state index contributed by atoms with van der Waals surface area (Å²) in [5, 5.41) is 7.80. The zero-order valence-electron chi connectivity index (χ0n) is 29.8. The molecule has 0 saturated heterocycles. The van der Waals surface area contributed by atoms with Crippen molar-refractivity contribution in [1.82, 2.24) is 4.57 Å². The summed E-state index contributed by atoms with van der Waals surface area (Å²) < 4.78 is 2.47. The van der Waals surface area contributed by atoms with E-state index in [9.17, 15) is 0 Å². The zero-order valence-corrected chi connectivity index (χ0v) is 30.6. The molecule has 9 aromatic rings. The van der Waals surface area contributed by atoms with E-state index in [1.807, 2.05) is 12.1 Å². The van der Waals surface area contributed by atoms with Gasteiger partial charge in [-0.1, -0.05) is 164 Å². The van der Waals surface area contributed by atoms with Crippen molar-refractivity contribution in [1.29, 1.82) is 0 Å². The fourth-order valence-electron chi connectivity index (χ4n) is 8.45. The van der Waals surface area contributed by atoms with Crippen molar-refractivity contribution in [3.63, 3.8) is 0 Å². The van der Waals surface area contributed by atoms with E-state index in [-0.39, 0.29) is 12.0 Å². The second-order valence-electron chi connectivity index (χ2n) is 14.2. The molecule has 0 amide bonds. The van der Waals surface area contributed by atoms with Gasteiger partial charge in [-0.25, -0.2) is 4.99 Å². The number of nitrogens with zero attached hydrogens (tertiary/aromatic N) is 3. The summed E-state index contributed by atoms with van der Waals surface area (Å²) in [6, 6.07) is 62.5. The Labute approximate surface area is 319 Å². The minimum atomic E-state index is -0.202. The van der Waals surface area contributed by atoms with Gasteiger partial charge in [0.05, 0.1) is 28.5 Å². The van der Waals surface area contributed by atoms with E-state index in [0.29, 0.717) is 0 Å². The van der Waals surface area contributed by atoms with Gasteiger partial charge in [0, 0.05) is 38.2 Å². The molecule has 3 nitrogen and oxygen atoms in total. The van der Waals surface area contributed by atoms with Crippen LogP contribution < -0.4 is 0 Å². The molecule has 4 heteroatoms. The summed E-state index contributed by atoms with van der Waals surface area (Å²) in [5.41, 5.74) is 10.2. The number of halogens is 1. The van der Waals surface area contributed by atoms with Gasteiger partial charge in [-0.05, 0) is 69.6 Å². The van der Waals surface area contributed by atoms with Crippen molar-refractivity contribution in [2.45, 2.75) is 19.4 Å². The summed E-state index contributed by atoms with van der Waals surface area (Å²) in [6.45, 7) is 2.27. The fourth-order valence-corrected chi connectivity index (χ4v) is 8.62. The average molecular weight is 714 g/mol. The second-order valence-corrected chi connectivity index (χ2v) is 14.6. The van der Waals surface area contributed by atoms with Crippen LogP contribution in [0.15, 0.2) is 186 Å². The summed E-state index contributed by atoms with van der Waals surface area (Å²) in [6.07, 6.45) is 0.870. The van der Waals surface area contributed by atoms with Crippen molar-refractivity contribution in [3.8, 4) is 16.8 Å². The highest BCUT2D eigenvalue weighted by molar-refractivity contribution is 6.32. The molecule has 0 spiro atoms. The van der Waals surface area contributed by atoms with Crippen LogP contribution in [-0.2, 0) is 0 Å². The molecule has 10 rings (SSSR count). The van der Waals surface area contributed by atoms with Crippen LogP contribution in [0.5, 0.6) is 0 Å². The summed E-state index contributed by atoms with van der Waals surface area (Å²) >= 11 is 6.73. The molecule has 0 aliphatic carbocycles. The molecule has 0 fully saturated rings. The van der Waals surface area contributed by atoms with Crippen LogP contribution in [0.25, 0.3) is 60.2 Å². The topological polar surface area (TPSA) is 29.6 Å². The maximum absolute atomic E-state index is 6.73. The number of fused-ring (bicyclic) bond motifs is 5. The first-order valence-corrected chi connectivity index (χ1v) is 19.0. The smallest absolute Gasteiger partial charge is 0.155 e. The molecule has 1 aromatic heterocycles. The molecule has 54 heavy (non-hydrogen) atoms. The van der Waals surface area contributed by atoms with E-state index < -0.39 is 0 Å². The molecule has 0 saturated carbocycles. The maximum atomic E-state index is 6.73. The van der Waals surface area contributed by atoms with Gasteiger partial charge in [-0.3, -0.25) is 4.99 Å². The predicted octanol–water partition coefficient (Wildman–Crippen LogP) is 13.4. The number of amidine groups is 1. The van der Waals surface area contributed by atoms with Gasteiger partial charge in [0.2, 0.25) is 0 Å². The number of rotatable bonds is 6. The zero-order chi connectivity index (χ0) is 36.2. The van der Waals surface area contributed by atoms with Crippen molar-refractivity contribution in [3.05, 3.63) is 198 Å². The second kappa shape index (κ2) is 13.3. The molecule has 2 atom stereocenters. The molecule has 0 bridgehead atoms. The Kier molecular flexibility index (Phi) is 7.96.